The Morgan fingerprint density at radius 2 is 2.06 bits per heavy atom. The third-order valence-electron chi connectivity index (χ3n) is 3.08. The Hall–Kier alpha value is -1.51. The molecule has 2 aromatic rings. The molecule has 0 unspecified atom stereocenters. The topological polar surface area (TPSA) is 43.8 Å². The summed E-state index contributed by atoms with van der Waals surface area (Å²) in [6.07, 6.45) is 4.43. The smallest absolute Gasteiger partial charge is 0.124 e. The number of hydrogen-bond donors (Lipinski definition) is 1. The van der Waals surface area contributed by atoms with Gasteiger partial charge in [-0.05, 0) is 38.5 Å². The molecule has 16 heavy (non-hydrogen) atoms. The Morgan fingerprint density at radius 3 is 2.75 bits per heavy atom. The van der Waals surface area contributed by atoms with Crippen LogP contribution < -0.4 is 5.73 Å². The van der Waals surface area contributed by atoms with E-state index in [4.69, 9.17) is 5.73 Å². The average molecular weight is 217 g/mol. The van der Waals surface area contributed by atoms with Gasteiger partial charge in [0.2, 0.25) is 0 Å². The second-order valence-corrected chi connectivity index (χ2v) is 4.89. The maximum absolute atomic E-state index is 5.68. The number of anilines is 1. The summed E-state index contributed by atoms with van der Waals surface area (Å²) in [5, 5.41) is 0. The van der Waals surface area contributed by atoms with Gasteiger partial charge < -0.3 is 10.3 Å². The first kappa shape index (κ1) is 11.0. The SMILES string of the molecule is CCCC(C)(C)n1ccc2nc(N)ccc21. The van der Waals surface area contributed by atoms with Gasteiger partial charge in [-0.25, -0.2) is 4.98 Å². The van der Waals surface area contributed by atoms with Crippen molar-refractivity contribution in [2.45, 2.75) is 39.2 Å². The highest BCUT2D eigenvalue weighted by atomic mass is 15.1. The number of nitrogens with zero attached hydrogens (tertiary/aromatic N) is 2. The van der Waals surface area contributed by atoms with E-state index in [9.17, 15) is 0 Å². The standard InChI is InChI=1S/C13H19N3/c1-4-8-13(2,3)16-9-7-10-11(16)5-6-12(14)15-10/h5-7,9H,4,8H2,1-3H3,(H2,14,15). The van der Waals surface area contributed by atoms with Crippen LogP contribution in [0.4, 0.5) is 5.82 Å². The Labute approximate surface area is 96.3 Å². The van der Waals surface area contributed by atoms with Gasteiger partial charge in [-0.1, -0.05) is 13.3 Å². The van der Waals surface area contributed by atoms with Crippen LogP contribution in [0.1, 0.15) is 33.6 Å². The highest BCUT2D eigenvalue weighted by Crippen LogP contribution is 2.27. The van der Waals surface area contributed by atoms with Crippen LogP contribution in [0.15, 0.2) is 24.4 Å². The minimum atomic E-state index is 0.133. The molecule has 0 bridgehead atoms. The summed E-state index contributed by atoms with van der Waals surface area (Å²) in [5.74, 6) is 0.582. The molecule has 0 atom stereocenters. The van der Waals surface area contributed by atoms with Crippen molar-refractivity contribution in [1.82, 2.24) is 9.55 Å². The van der Waals surface area contributed by atoms with Gasteiger partial charge in [0.25, 0.3) is 0 Å². The molecular weight excluding hydrogens is 198 g/mol. The van der Waals surface area contributed by atoms with Crippen LogP contribution in [-0.2, 0) is 5.54 Å². The van der Waals surface area contributed by atoms with Gasteiger partial charge in [0.15, 0.2) is 0 Å². The van der Waals surface area contributed by atoms with E-state index in [1.165, 1.54) is 6.42 Å². The van der Waals surface area contributed by atoms with Crippen LogP contribution in [0.2, 0.25) is 0 Å². The van der Waals surface area contributed by atoms with Gasteiger partial charge in [-0.15, -0.1) is 0 Å². The van der Waals surface area contributed by atoms with Gasteiger partial charge in [-0.2, -0.15) is 0 Å². The average Bonchev–Trinajstić information content (AvgIpc) is 2.60. The zero-order valence-electron chi connectivity index (χ0n) is 10.2. The second kappa shape index (κ2) is 3.81. The Morgan fingerprint density at radius 1 is 1.31 bits per heavy atom. The van der Waals surface area contributed by atoms with E-state index < -0.39 is 0 Å². The van der Waals surface area contributed by atoms with Crippen LogP contribution >= 0.6 is 0 Å². The molecular formula is C13H19N3. The second-order valence-electron chi connectivity index (χ2n) is 4.89. The molecule has 2 N–H and O–H groups in total. The van der Waals surface area contributed by atoms with Crippen molar-refractivity contribution < 1.29 is 0 Å². The predicted octanol–water partition coefficient (Wildman–Crippen LogP) is 3.15. The quantitative estimate of drug-likeness (QED) is 0.858. The number of pyridine rings is 1. The van der Waals surface area contributed by atoms with E-state index >= 15 is 0 Å². The van der Waals surface area contributed by atoms with Crippen LogP contribution in [0.3, 0.4) is 0 Å². The lowest BCUT2D eigenvalue weighted by molar-refractivity contribution is 0.335. The number of nitrogen functional groups attached to an aromatic ring is 1. The normalized spacial score (nSPS) is 12.2. The van der Waals surface area contributed by atoms with Gasteiger partial charge in [0.05, 0.1) is 11.0 Å². The van der Waals surface area contributed by atoms with Gasteiger partial charge in [0.1, 0.15) is 5.82 Å². The van der Waals surface area contributed by atoms with E-state index in [1.54, 1.807) is 0 Å². The third-order valence-corrected chi connectivity index (χ3v) is 3.08. The van der Waals surface area contributed by atoms with Crippen molar-refractivity contribution in [3.63, 3.8) is 0 Å². The molecule has 2 heterocycles. The highest BCUT2D eigenvalue weighted by Gasteiger charge is 2.20. The van der Waals surface area contributed by atoms with Gasteiger partial charge >= 0.3 is 0 Å². The number of aromatic nitrogens is 2. The summed E-state index contributed by atoms with van der Waals surface area (Å²) in [7, 11) is 0. The lowest BCUT2D eigenvalue weighted by Crippen LogP contribution is -2.24. The third kappa shape index (κ3) is 1.77. The monoisotopic (exact) mass is 217 g/mol. The fourth-order valence-electron chi connectivity index (χ4n) is 2.30. The summed E-state index contributed by atoms with van der Waals surface area (Å²) < 4.78 is 2.29. The van der Waals surface area contributed by atoms with Crippen LogP contribution in [-0.4, -0.2) is 9.55 Å². The molecule has 0 aromatic carbocycles. The summed E-state index contributed by atoms with van der Waals surface area (Å²) in [6, 6.07) is 5.94. The molecule has 3 nitrogen and oxygen atoms in total. The van der Waals surface area contributed by atoms with Crippen molar-refractivity contribution in [1.29, 1.82) is 0 Å². The van der Waals surface area contributed by atoms with Crippen molar-refractivity contribution >= 4 is 16.9 Å². The van der Waals surface area contributed by atoms with Crippen LogP contribution in [0, 0.1) is 0 Å². The molecule has 86 valence electrons. The zero-order valence-corrected chi connectivity index (χ0v) is 10.2. The molecule has 0 amide bonds. The van der Waals surface area contributed by atoms with Gasteiger partial charge in [0, 0.05) is 11.7 Å². The molecule has 0 aliphatic rings. The number of nitrogens with two attached hydrogens (primary N) is 1. The van der Waals surface area contributed by atoms with Crippen LogP contribution in [0.25, 0.3) is 11.0 Å². The first-order valence-corrected chi connectivity index (χ1v) is 5.78. The maximum atomic E-state index is 5.68. The first-order valence-electron chi connectivity index (χ1n) is 5.78. The summed E-state index contributed by atoms with van der Waals surface area (Å²) in [6.45, 7) is 6.72. The van der Waals surface area contributed by atoms with Crippen LogP contribution in [0.5, 0.6) is 0 Å². The van der Waals surface area contributed by atoms with Crippen molar-refractivity contribution in [2.24, 2.45) is 0 Å². The minimum Gasteiger partial charge on any atom is -0.384 e. The maximum Gasteiger partial charge on any atom is 0.124 e. The molecule has 2 aromatic heterocycles. The highest BCUT2D eigenvalue weighted by molar-refractivity contribution is 5.77. The van der Waals surface area contributed by atoms with E-state index in [1.807, 2.05) is 12.1 Å². The molecule has 0 aliphatic heterocycles. The Kier molecular flexibility index (Phi) is 2.62. The summed E-state index contributed by atoms with van der Waals surface area (Å²) in [4.78, 5) is 4.33. The lowest BCUT2D eigenvalue weighted by atomic mass is 9.98. The van der Waals surface area contributed by atoms with E-state index in [0.717, 1.165) is 17.5 Å². The molecule has 0 fully saturated rings. The van der Waals surface area contributed by atoms with Crippen molar-refractivity contribution in [2.75, 3.05) is 5.73 Å². The van der Waals surface area contributed by atoms with E-state index in [-0.39, 0.29) is 5.54 Å². The first-order chi connectivity index (χ1) is 7.54. The molecule has 0 spiro atoms. The van der Waals surface area contributed by atoms with Gasteiger partial charge in [-0.3, -0.25) is 0 Å². The largest absolute Gasteiger partial charge is 0.384 e. The molecule has 0 saturated carbocycles. The number of hydrogen-bond acceptors (Lipinski definition) is 2. The molecule has 0 aliphatic carbocycles. The minimum absolute atomic E-state index is 0.133. The summed E-state index contributed by atoms with van der Waals surface area (Å²) >= 11 is 0. The number of fused-ring (bicyclic) bond motifs is 1. The van der Waals surface area contributed by atoms with E-state index in [0.29, 0.717) is 5.82 Å². The molecule has 0 saturated heterocycles. The fourth-order valence-corrected chi connectivity index (χ4v) is 2.30. The Bertz CT molecular complexity index is 497. The lowest BCUT2D eigenvalue weighted by Gasteiger charge is -2.27. The van der Waals surface area contributed by atoms with E-state index in [2.05, 4.69) is 42.6 Å². The van der Waals surface area contributed by atoms with Crippen molar-refractivity contribution in [3.8, 4) is 0 Å². The molecule has 2 rings (SSSR count). The number of rotatable bonds is 3. The Balaban J connectivity index is 2.53. The zero-order chi connectivity index (χ0) is 11.8. The fraction of sp³-hybridized carbons (Fsp3) is 0.462. The summed E-state index contributed by atoms with van der Waals surface area (Å²) in [5.41, 5.74) is 7.95. The predicted molar refractivity (Wildman–Crippen MR) is 68.4 cm³/mol. The van der Waals surface area contributed by atoms with Crippen molar-refractivity contribution in [3.05, 3.63) is 24.4 Å². The molecule has 0 radical (unpaired) electrons. The molecule has 3 heteroatoms.